The molecule has 23 heavy (non-hydrogen) atoms. The molecule has 3 rings (SSSR count). The number of amides is 2. The van der Waals surface area contributed by atoms with Gasteiger partial charge < -0.3 is 20.1 Å². The van der Waals surface area contributed by atoms with Crippen LogP contribution in [0.15, 0.2) is 35.7 Å². The minimum atomic E-state index is -0.159. The topological polar surface area (TPSA) is 59.6 Å². The first kappa shape index (κ1) is 15.7. The molecule has 2 aromatic rings. The normalized spacial score (nSPS) is 13.2. The number of urea groups is 1. The third-order valence-corrected chi connectivity index (χ3v) is 4.44. The van der Waals surface area contributed by atoms with E-state index in [1.807, 2.05) is 29.6 Å². The summed E-state index contributed by atoms with van der Waals surface area (Å²) >= 11 is 1.70. The lowest BCUT2D eigenvalue weighted by Crippen LogP contribution is -2.36. The first-order valence-corrected chi connectivity index (χ1v) is 8.62. The molecule has 122 valence electrons. The molecule has 1 aliphatic heterocycles. The zero-order valence-electron chi connectivity index (χ0n) is 12.8. The fraction of sp³-hybridized carbons (Fsp3) is 0.353. The van der Waals surface area contributed by atoms with E-state index in [0.29, 0.717) is 26.3 Å². The second-order valence-corrected chi connectivity index (χ2v) is 6.30. The van der Waals surface area contributed by atoms with Crippen molar-refractivity contribution in [2.45, 2.75) is 19.4 Å². The molecular formula is C17H20N2O3S. The van der Waals surface area contributed by atoms with Gasteiger partial charge in [0.1, 0.15) is 0 Å². The molecule has 0 bridgehead atoms. The predicted molar refractivity (Wildman–Crippen MR) is 90.3 cm³/mol. The molecule has 0 radical (unpaired) electrons. The van der Waals surface area contributed by atoms with Crippen LogP contribution < -0.4 is 20.1 Å². The van der Waals surface area contributed by atoms with Crippen molar-refractivity contribution in [2.75, 3.05) is 19.8 Å². The Kier molecular flexibility index (Phi) is 5.37. The SMILES string of the molecule is O=C(NCCc1cccs1)NCc1ccc2c(c1)OCCCO2. The van der Waals surface area contributed by atoms with Crippen molar-refractivity contribution >= 4 is 17.4 Å². The van der Waals surface area contributed by atoms with Gasteiger partial charge in [0, 0.05) is 24.4 Å². The van der Waals surface area contributed by atoms with Gasteiger partial charge in [-0.05, 0) is 35.6 Å². The van der Waals surface area contributed by atoms with E-state index < -0.39 is 0 Å². The fourth-order valence-electron chi connectivity index (χ4n) is 2.32. The Balaban J connectivity index is 1.44. The maximum absolute atomic E-state index is 11.8. The molecule has 2 heterocycles. The Labute approximate surface area is 139 Å². The summed E-state index contributed by atoms with van der Waals surface area (Å²) in [6.07, 6.45) is 1.74. The van der Waals surface area contributed by atoms with E-state index in [0.717, 1.165) is 29.9 Å². The van der Waals surface area contributed by atoms with Crippen molar-refractivity contribution in [3.05, 3.63) is 46.2 Å². The van der Waals surface area contributed by atoms with E-state index in [2.05, 4.69) is 16.7 Å². The van der Waals surface area contributed by atoms with Crippen LogP contribution in [-0.4, -0.2) is 25.8 Å². The highest BCUT2D eigenvalue weighted by Gasteiger charge is 2.11. The Morgan fingerprint density at radius 1 is 1.13 bits per heavy atom. The van der Waals surface area contributed by atoms with Crippen LogP contribution in [0.2, 0.25) is 0 Å². The smallest absolute Gasteiger partial charge is 0.315 e. The van der Waals surface area contributed by atoms with Gasteiger partial charge in [0.2, 0.25) is 0 Å². The minimum absolute atomic E-state index is 0.159. The van der Waals surface area contributed by atoms with Crippen LogP contribution in [0.3, 0.4) is 0 Å². The quantitative estimate of drug-likeness (QED) is 0.885. The highest BCUT2D eigenvalue weighted by Crippen LogP contribution is 2.30. The van der Waals surface area contributed by atoms with Gasteiger partial charge in [0.25, 0.3) is 0 Å². The summed E-state index contributed by atoms with van der Waals surface area (Å²) in [5.41, 5.74) is 0.989. The largest absolute Gasteiger partial charge is 0.490 e. The number of benzene rings is 1. The standard InChI is InChI=1S/C17H20N2O3S/c20-17(18-7-6-14-3-1-10-23-14)19-12-13-4-5-15-16(11-13)22-9-2-8-21-15/h1,3-5,10-11H,2,6-9,12H2,(H2,18,19,20). The van der Waals surface area contributed by atoms with Crippen LogP contribution in [-0.2, 0) is 13.0 Å². The number of hydrogen-bond acceptors (Lipinski definition) is 4. The molecule has 0 spiro atoms. The van der Waals surface area contributed by atoms with Gasteiger partial charge in [-0.15, -0.1) is 11.3 Å². The summed E-state index contributed by atoms with van der Waals surface area (Å²) in [5, 5.41) is 7.76. The maximum Gasteiger partial charge on any atom is 0.315 e. The van der Waals surface area contributed by atoms with Crippen LogP contribution in [0.5, 0.6) is 11.5 Å². The molecule has 0 saturated carbocycles. The Bertz CT molecular complexity index is 643. The van der Waals surface area contributed by atoms with E-state index in [1.54, 1.807) is 11.3 Å². The second-order valence-electron chi connectivity index (χ2n) is 5.27. The van der Waals surface area contributed by atoms with E-state index in [1.165, 1.54) is 4.88 Å². The number of hydrogen-bond donors (Lipinski definition) is 2. The molecule has 0 aliphatic carbocycles. The minimum Gasteiger partial charge on any atom is -0.490 e. The predicted octanol–water partition coefficient (Wildman–Crippen LogP) is 2.95. The van der Waals surface area contributed by atoms with Gasteiger partial charge in [0.15, 0.2) is 11.5 Å². The van der Waals surface area contributed by atoms with Gasteiger partial charge in [-0.3, -0.25) is 0 Å². The number of carbonyl (C=O) groups is 1. The summed E-state index contributed by atoms with van der Waals surface area (Å²) in [5.74, 6) is 1.52. The molecule has 0 unspecified atom stereocenters. The lowest BCUT2D eigenvalue weighted by molar-refractivity contribution is 0.240. The number of nitrogens with one attached hydrogen (secondary N) is 2. The summed E-state index contributed by atoms with van der Waals surface area (Å²) in [6, 6.07) is 9.69. The molecule has 2 amide bonds. The summed E-state index contributed by atoms with van der Waals surface area (Å²) in [6.45, 7) is 2.43. The van der Waals surface area contributed by atoms with Crippen LogP contribution in [0.1, 0.15) is 16.9 Å². The van der Waals surface area contributed by atoms with E-state index in [-0.39, 0.29) is 6.03 Å². The molecule has 1 aliphatic rings. The van der Waals surface area contributed by atoms with Crippen LogP contribution >= 0.6 is 11.3 Å². The number of ether oxygens (including phenoxy) is 2. The molecular weight excluding hydrogens is 312 g/mol. The van der Waals surface area contributed by atoms with Crippen LogP contribution in [0.4, 0.5) is 4.79 Å². The number of rotatable bonds is 5. The first-order chi connectivity index (χ1) is 11.3. The van der Waals surface area contributed by atoms with E-state index in [4.69, 9.17) is 9.47 Å². The highest BCUT2D eigenvalue weighted by molar-refractivity contribution is 7.09. The molecule has 0 saturated heterocycles. The van der Waals surface area contributed by atoms with Crippen molar-refractivity contribution in [3.8, 4) is 11.5 Å². The summed E-state index contributed by atoms with van der Waals surface area (Å²) < 4.78 is 11.2. The average Bonchev–Trinajstić information content (AvgIpc) is 2.96. The number of fused-ring (bicyclic) bond motifs is 1. The monoisotopic (exact) mass is 332 g/mol. The molecule has 6 heteroatoms. The van der Waals surface area contributed by atoms with Gasteiger partial charge in [0.05, 0.1) is 13.2 Å². The molecule has 0 fully saturated rings. The zero-order valence-corrected chi connectivity index (χ0v) is 13.7. The molecule has 0 atom stereocenters. The van der Waals surface area contributed by atoms with Crippen molar-refractivity contribution in [1.82, 2.24) is 10.6 Å². The van der Waals surface area contributed by atoms with Gasteiger partial charge in [-0.25, -0.2) is 4.79 Å². The number of thiophene rings is 1. The van der Waals surface area contributed by atoms with E-state index >= 15 is 0 Å². The Hall–Kier alpha value is -2.21. The zero-order chi connectivity index (χ0) is 15.9. The average molecular weight is 332 g/mol. The van der Waals surface area contributed by atoms with Crippen LogP contribution in [0.25, 0.3) is 0 Å². The third-order valence-electron chi connectivity index (χ3n) is 3.50. The fourth-order valence-corrected chi connectivity index (χ4v) is 3.03. The molecule has 1 aromatic carbocycles. The highest BCUT2D eigenvalue weighted by atomic mass is 32.1. The second kappa shape index (κ2) is 7.87. The van der Waals surface area contributed by atoms with Crippen molar-refractivity contribution < 1.29 is 14.3 Å². The van der Waals surface area contributed by atoms with Gasteiger partial charge in [-0.2, -0.15) is 0 Å². The first-order valence-electron chi connectivity index (χ1n) is 7.74. The van der Waals surface area contributed by atoms with Crippen LogP contribution in [0, 0.1) is 0 Å². The molecule has 2 N–H and O–H groups in total. The molecule has 5 nitrogen and oxygen atoms in total. The Morgan fingerprint density at radius 3 is 2.83 bits per heavy atom. The number of carbonyl (C=O) groups excluding carboxylic acids is 1. The Morgan fingerprint density at radius 2 is 2.00 bits per heavy atom. The van der Waals surface area contributed by atoms with Crippen molar-refractivity contribution in [2.24, 2.45) is 0 Å². The van der Waals surface area contributed by atoms with Crippen molar-refractivity contribution in [3.63, 3.8) is 0 Å². The lowest BCUT2D eigenvalue weighted by atomic mass is 10.2. The van der Waals surface area contributed by atoms with Crippen molar-refractivity contribution in [1.29, 1.82) is 0 Å². The lowest BCUT2D eigenvalue weighted by Gasteiger charge is -2.10. The summed E-state index contributed by atoms with van der Waals surface area (Å²) in [4.78, 5) is 13.1. The van der Waals surface area contributed by atoms with E-state index in [9.17, 15) is 4.79 Å². The maximum atomic E-state index is 11.8. The summed E-state index contributed by atoms with van der Waals surface area (Å²) in [7, 11) is 0. The van der Waals surface area contributed by atoms with Gasteiger partial charge >= 0.3 is 6.03 Å². The third kappa shape index (κ3) is 4.63. The van der Waals surface area contributed by atoms with Gasteiger partial charge in [-0.1, -0.05) is 12.1 Å². The molecule has 1 aromatic heterocycles.